The lowest BCUT2D eigenvalue weighted by Gasteiger charge is -2.17. The highest BCUT2D eigenvalue weighted by Gasteiger charge is 2.09. The maximum Gasteiger partial charge on any atom is 0.0897 e. The first kappa shape index (κ1) is 17.1. The quantitative estimate of drug-likeness (QED) is 0.512. The summed E-state index contributed by atoms with van der Waals surface area (Å²) < 4.78 is 5.66. The Labute approximate surface area is 126 Å². The maximum absolute atomic E-state index is 9.82. The molecule has 0 fully saturated rings. The van der Waals surface area contributed by atoms with E-state index in [1.807, 2.05) is 37.3 Å². The summed E-state index contributed by atoms with van der Waals surface area (Å²) in [5, 5.41) is 13.0. The molecule has 4 heteroatoms. The molecular weight excluding hydrogens is 270 g/mol. The molecule has 0 bridgehead atoms. The van der Waals surface area contributed by atoms with Gasteiger partial charge in [0, 0.05) is 18.8 Å². The van der Waals surface area contributed by atoms with Crippen molar-refractivity contribution >= 4 is 11.8 Å². The fraction of sp³-hybridized carbons (Fsp3) is 0.500. The lowest BCUT2D eigenvalue weighted by molar-refractivity contribution is -0.00181. The summed E-state index contributed by atoms with van der Waals surface area (Å²) in [6.45, 7) is 3.71. The van der Waals surface area contributed by atoms with Crippen molar-refractivity contribution in [2.45, 2.75) is 19.1 Å². The number of aliphatic hydroxyl groups is 1. The van der Waals surface area contributed by atoms with E-state index in [0.29, 0.717) is 13.2 Å². The number of nitrogens with one attached hydrogen (secondary N) is 1. The van der Waals surface area contributed by atoms with Crippen LogP contribution in [0.3, 0.4) is 0 Å². The zero-order valence-corrected chi connectivity index (χ0v) is 12.7. The molecule has 0 aliphatic heterocycles. The predicted octanol–water partition coefficient (Wildman–Crippen LogP) is 2.08. The average Bonchev–Trinajstić information content (AvgIpc) is 2.49. The molecule has 3 nitrogen and oxygen atoms in total. The number of ether oxygens (including phenoxy) is 1. The zero-order chi connectivity index (χ0) is 14.6. The van der Waals surface area contributed by atoms with Gasteiger partial charge >= 0.3 is 0 Å². The molecule has 0 aliphatic carbocycles. The summed E-state index contributed by atoms with van der Waals surface area (Å²) >= 11 is 1.71. The van der Waals surface area contributed by atoms with Crippen LogP contribution in [0.5, 0.6) is 0 Å². The smallest absolute Gasteiger partial charge is 0.0897 e. The third-order valence-electron chi connectivity index (χ3n) is 2.80. The number of hydrogen-bond donors (Lipinski definition) is 2. The number of thioether (sulfide) groups is 1. The monoisotopic (exact) mass is 293 g/mol. The van der Waals surface area contributed by atoms with Crippen molar-refractivity contribution in [2.75, 3.05) is 31.2 Å². The first-order chi connectivity index (χ1) is 9.74. The Kier molecular flexibility index (Phi) is 9.18. The normalized spacial score (nSPS) is 13.7. The Balaban J connectivity index is 2.08. The molecule has 1 aromatic rings. The Morgan fingerprint density at radius 3 is 2.85 bits per heavy atom. The average molecular weight is 293 g/mol. The van der Waals surface area contributed by atoms with Gasteiger partial charge in [0.05, 0.1) is 24.6 Å². The van der Waals surface area contributed by atoms with Gasteiger partial charge in [-0.1, -0.05) is 36.3 Å². The van der Waals surface area contributed by atoms with Crippen molar-refractivity contribution in [2.24, 2.45) is 0 Å². The molecule has 1 rings (SSSR count). The molecule has 2 unspecified atom stereocenters. The fourth-order valence-corrected chi connectivity index (χ4v) is 2.23. The Morgan fingerprint density at radius 1 is 1.40 bits per heavy atom. The van der Waals surface area contributed by atoms with E-state index in [0.717, 1.165) is 23.6 Å². The molecule has 0 spiro atoms. The first-order valence-corrected chi connectivity index (χ1v) is 7.96. The van der Waals surface area contributed by atoms with E-state index in [1.165, 1.54) is 0 Å². The van der Waals surface area contributed by atoms with Crippen molar-refractivity contribution in [1.29, 1.82) is 0 Å². The van der Waals surface area contributed by atoms with Crippen LogP contribution in [-0.2, 0) is 4.74 Å². The van der Waals surface area contributed by atoms with E-state index < -0.39 is 6.10 Å². The van der Waals surface area contributed by atoms with E-state index in [9.17, 15) is 5.11 Å². The van der Waals surface area contributed by atoms with Gasteiger partial charge in [-0.15, -0.1) is 18.2 Å². The topological polar surface area (TPSA) is 41.5 Å². The molecular formula is C16H23NO2S. The van der Waals surface area contributed by atoms with E-state index in [4.69, 9.17) is 11.2 Å². The van der Waals surface area contributed by atoms with E-state index in [2.05, 4.69) is 11.2 Å². The van der Waals surface area contributed by atoms with Gasteiger partial charge < -0.3 is 15.2 Å². The third-order valence-corrected chi connectivity index (χ3v) is 3.66. The van der Waals surface area contributed by atoms with Crippen molar-refractivity contribution in [3.63, 3.8) is 0 Å². The Morgan fingerprint density at radius 2 is 2.15 bits per heavy atom. The minimum Gasteiger partial charge on any atom is -0.389 e. The van der Waals surface area contributed by atoms with Gasteiger partial charge in [0.1, 0.15) is 0 Å². The summed E-state index contributed by atoms with van der Waals surface area (Å²) in [5.74, 6) is 4.28. The molecule has 2 N–H and O–H groups in total. The largest absolute Gasteiger partial charge is 0.389 e. The number of terminal acetylenes is 1. The highest BCUT2D eigenvalue weighted by molar-refractivity contribution is 7.99. The molecule has 0 amide bonds. The zero-order valence-electron chi connectivity index (χ0n) is 11.9. The van der Waals surface area contributed by atoms with Crippen molar-refractivity contribution in [3.8, 4) is 12.3 Å². The fourth-order valence-electron chi connectivity index (χ4n) is 1.68. The van der Waals surface area contributed by atoms with Gasteiger partial charge in [0.25, 0.3) is 0 Å². The van der Waals surface area contributed by atoms with Crippen molar-refractivity contribution in [3.05, 3.63) is 35.9 Å². The second-order valence-corrected chi connectivity index (χ2v) is 5.61. The predicted molar refractivity (Wildman–Crippen MR) is 85.8 cm³/mol. The van der Waals surface area contributed by atoms with E-state index >= 15 is 0 Å². The summed E-state index contributed by atoms with van der Waals surface area (Å²) in [4.78, 5) is 0. The van der Waals surface area contributed by atoms with Crippen LogP contribution in [-0.4, -0.2) is 42.4 Å². The molecule has 0 saturated carbocycles. The molecule has 20 heavy (non-hydrogen) atoms. The molecule has 110 valence electrons. The van der Waals surface area contributed by atoms with Crippen LogP contribution in [0.4, 0.5) is 0 Å². The van der Waals surface area contributed by atoms with E-state index in [1.54, 1.807) is 11.8 Å². The Hall–Kier alpha value is -0.990. The molecule has 1 aromatic carbocycles. The molecule has 2 atom stereocenters. The maximum atomic E-state index is 9.82. The van der Waals surface area contributed by atoms with Crippen molar-refractivity contribution < 1.29 is 9.84 Å². The van der Waals surface area contributed by atoms with Crippen LogP contribution >= 0.6 is 11.8 Å². The third kappa shape index (κ3) is 7.56. The van der Waals surface area contributed by atoms with E-state index in [-0.39, 0.29) is 6.10 Å². The lowest BCUT2D eigenvalue weighted by atomic mass is 10.1. The molecule has 0 aliphatic rings. The minimum absolute atomic E-state index is 0.00275. The summed E-state index contributed by atoms with van der Waals surface area (Å²) in [7, 11) is 0. The van der Waals surface area contributed by atoms with Crippen LogP contribution in [0.1, 0.15) is 18.6 Å². The first-order valence-electron chi connectivity index (χ1n) is 6.80. The van der Waals surface area contributed by atoms with Gasteiger partial charge in [-0.25, -0.2) is 0 Å². The second-order valence-electron chi connectivity index (χ2n) is 4.50. The summed E-state index contributed by atoms with van der Waals surface area (Å²) in [6, 6.07) is 10.0. The number of hydrogen-bond acceptors (Lipinski definition) is 4. The van der Waals surface area contributed by atoms with Crippen LogP contribution in [0.15, 0.2) is 30.3 Å². The van der Waals surface area contributed by atoms with Gasteiger partial charge in [0.2, 0.25) is 0 Å². The minimum atomic E-state index is -0.487. The highest BCUT2D eigenvalue weighted by atomic mass is 32.2. The molecule has 0 radical (unpaired) electrons. The highest BCUT2D eigenvalue weighted by Crippen LogP contribution is 2.15. The van der Waals surface area contributed by atoms with Crippen LogP contribution in [0, 0.1) is 12.3 Å². The second kappa shape index (κ2) is 10.8. The van der Waals surface area contributed by atoms with Gasteiger partial charge in [-0.05, 0) is 12.5 Å². The van der Waals surface area contributed by atoms with Gasteiger partial charge in [-0.3, -0.25) is 0 Å². The van der Waals surface area contributed by atoms with Crippen molar-refractivity contribution in [1.82, 2.24) is 5.32 Å². The number of rotatable bonds is 10. The summed E-state index contributed by atoms with van der Waals surface area (Å²) in [5.41, 5.74) is 1.12. The SMILES string of the molecule is C#CCSCCNCC(O)COC(C)c1ccccc1. The Bertz CT molecular complexity index is 391. The van der Waals surface area contributed by atoms with Gasteiger partial charge in [0.15, 0.2) is 0 Å². The van der Waals surface area contributed by atoms with Crippen LogP contribution < -0.4 is 5.32 Å². The molecule has 0 aromatic heterocycles. The van der Waals surface area contributed by atoms with Crippen LogP contribution in [0.25, 0.3) is 0 Å². The lowest BCUT2D eigenvalue weighted by Crippen LogP contribution is -2.32. The number of aliphatic hydroxyl groups excluding tert-OH is 1. The van der Waals surface area contributed by atoms with Crippen LogP contribution in [0.2, 0.25) is 0 Å². The number of benzene rings is 1. The standard InChI is InChI=1S/C16H23NO2S/c1-3-10-20-11-9-17-12-16(18)13-19-14(2)15-7-5-4-6-8-15/h1,4-8,14,16-18H,9-13H2,2H3. The molecule has 0 saturated heterocycles. The van der Waals surface area contributed by atoms with Gasteiger partial charge in [-0.2, -0.15) is 0 Å². The summed E-state index contributed by atoms with van der Waals surface area (Å²) in [6.07, 6.45) is 4.67. The molecule has 0 heterocycles.